The van der Waals surface area contributed by atoms with Crippen LogP contribution in [0.5, 0.6) is 0 Å². The Morgan fingerprint density at radius 1 is 1.38 bits per heavy atom. The SMILES string of the molecule is CC(C)C(=O)N1CC(N)CC(C(F)(F)F)C1. The average Bonchev–Trinajstić information content (AvgIpc) is 2.14. The molecule has 1 heterocycles. The lowest BCUT2D eigenvalue weighted by molar-refractivity contribution is -0.190. The number of nitrogens with zero attached hydrogens (tertiary/aromatic N) is 1. The molecule has 1 saturated heterocycles. The molecule has 16 heavy (non-hydrogen) atoms. The molecule has 0 aromatic heterocycles. The Morgan fingerprint density at radius 2 is 1.94 bits per heavy atom. The quantitative estimate of drug-likeness (QED) is 0.750. The van der Waals surface area contributed by atoms with Gasteiger partial charge in [0.2, 0.25) is 5.91 Å². The molecule has 94 valence electrons. The Bertz CT molecular complexity index is 265. The molecule has 2 unspecified atom stereocenters. The second kappa shape index (κ2) is 4.61. The highest BCUT2D eigenvalue weighted by Gasteiger charge is 2.44. The molecule has 1 amide bonds. The predicted octanol–water partition coefficient (Wildman–Crippen LogP) is 1.38. The molecule has 3 nitrogen and oxygen atoms in total. The molecule has 0 aromatic carbocycles. The van der Waals surface area contributed by atoms with E-state index in [1.54, 1.807) is 13.8 Å². The molecule has 2 N–H and O–H groups in total. The average molecular weight is 238 g/mol. The minimum Gasteiger partial charge on any atom is -0.340 e. The number of hydrogen-bond donors (Lipinski definition) is 1. The Labute approximate surface area is 92.8 Å². The molecule has 0 spiro atoms. The van der Waals surface area contributed by atoms with Gasteiger partial charge in [-0.3, -0.25) is 4.79 Å². The lowest BCUT2D eigenvalue weighted by Gasteiger charge is -2.37. The van der Waals surface area contributed by atoms with Gasteiger partial charge in [-0.15, -0.1) is 0 Å². The zero-order valence-electron chi connectivity index (χ0n) is 9.42. The van der Waals surface area contributed by atoms with E-state index in [-0.39, 0.29) is 31.3 Å². The molecule has 0 aliphatic carbocycles. The highest BCUT2D eigenvalue weighted by atomic mass is 19.4. The highest BCUT2D eigenvalue weighted by Crippen LogP contribution is 2.33. The molecule has 0 bridgehead atoms. The number of hydrogen-bond acceptors (Lipinski definition) is 2. The van der Waals surface area contributed by atoms with Crippen LogP contribution in [0, 0.1) is 11.8 Å². The van der Waals surface area contributed by atoms with Crippen LogP contribution in [0.4, 0.5) is 13.2 Å². The van der Waals surface area contributed by atoms with Crippen molar-refractivity contribution in [3.05, 3.63) is 0 Å². The smallest absolute Gasteiger partial charge is 0.340 e. The fourth-order valence-corrected chi connectivity index (χ4v) is 1.92. The van der Waals surface area contributed by atoms with Crippen LogP contribution >= 0.6 is 0 Å². The van der Waals surface area contributed by atoms with Gasteiger partial charge in [0, 0.05) is 25.0 Å². The maximum Gasteiger partial charge on any atom is 0.393 e. The summed E-state index contributed by atoms with van der Waals surface area (Å²) < 4.78 is 37.7. The van der Waals surface area contributed by atoms with E-state index >= 15 is 0 Å². The monoisotopic (exact) mass is 238 g/mol. The number of carbonyl (C=O) groups is 1. The Morgan fingerprint density at radius 3 is 2.38 bits per heavy atom. The summed E-state index contributed by atoms with van der Waals surface area (Å²) in [5.74, 6) is -2.04. The second-order valence-corrected chi connectivity index (χ2v) is 4.63. The van der Waals surface area contributed by atoms with Crippen molar-refractivity contribution >= 4 is 5.91 Å². The van der Waals surface area contributed by atoms with E-state index in [9.17, 15) is 18.0 Å². The first-order valence-electron chi connectivity index (χ1n) is 5.33. The number of carbonyl (C=O) groups excluding carboxylic acids is 1. The van der Waals surface area contributed by atoms with Gasteiger partial charge in [0.15, 0.2) is 0 Å². The van der Waals surface area contributed by atoms with Crippen molar-refractivity contribution in [1.82, 2.24) is 4.90 Å². The van der Waals surface area contributed by atoms with Crippen molar-refractivity contribution in [2.45, 2.75) is 32.5 Å². The fourth-order valence-electron chi connectivity index (χ4n) is 1.92. The van der Waals surface area contributed by atoms with Gasteiger partial charge in [-0.05, 0) is 6.42 Å². The topological polar surface area (TPSA) is 46.3 Å². The molecular formula is C10H17F3N2O. The number of amides is 1. The molecule has 0 aromatic rings. The Balaban J connectivity index is 2.72. The molecule has 0 radical (unpaired) electrons. The summed E-state index contributed by atoms with van der Waals surface area (Å²) in [5.41, 5.74) is 5.56. The first-order chi connectivity index (χ1) is 7.21. The van der Waals surface area contributed by atoms with Crippen LogP contribution in [-0.2, 0) is 4.79 Å². The van der Waals surface area contributed by atoms with Crippen LogP contribution < -0.4 is 5.73 Å². The van der Waals surface area contributed by atoms with E-state index in [1.165, 1.54) is 4.90 Å². The van der Waals surface area contributed by atoms with Crippen molar-refractivity contribution in [2.24, 2.45) is 17.6 Å². The third-order valence-electron chi connectivity index (χ3n) is 2.75. The third kappa shape index (κ3) is 3.10. The Hall–Kier alpha value is -0.780. The van der Waals surface area contributed by atoms with Crippen molar-refractivity contribution in [3.63, 3.8) is 0 Å². The number of piperidine rings is 1. The van der Waals surface area contributed by atoms with Crippen molar-refractivity contribution in [3.8, 4) is 0 Å². The van der Waals surface area contributed by atoms with Gasteiger partial charge in [-0.25, -0.2) is 0 Å². The maximum atomic E-state index is 12.6. The molecule has 1 fully saturated rings. The van der Waals surface area contributed by atoms with Gasteiger partial charge in [0.25, 0.3) is 0 Å². The van der Waals surface area contributed by atoms with Gasteiger partial charge in [-0.2, -0.15) is 13.2 Å². The predicted molar refractivity (Wildman–Crippen MR) is 53.6 cm³/mol. The second-order valence-electron chi connectivity index (χ2n) is 4.63. The fraction of sp³-hybridized carbons (Fsp3) is 0.900. The number of halogens is 3. The summed E-state index contributed by atoms with van der Waals surface area (Å²) in [5, 5.41) is 0. The van der Waals surface area contributed by atoms with E-state index in [4.69, 9.17) is 5.73 Å². The molecule has 2 atom stereocenters. The minimum absolute atomic E-state index is 0.0919. The van der Waals surface area contributed by atoms with E-state index in [0.29, 0.717) is 0 Å². The zero-order valence-corrected chi connectivity index (χ0v) is 9.42. The first-order valence-corrected chi connectivity index (χ1v) is 5.33. The standard InChI is InChI=1S/C10H17F3N2O/c1-6(2)9(16)15-4-7(10(11,12)13)3-8(14)5-15/h6-8H,3-5,14H2,1-2H3. The number of likely N-dealkylation sites (tertiary alicyclic amines) is 1. The summed E-state index contributed by atoms with van der Waals surface area (Å²) >= 11 is 0. The normalized spacial score (nSPS) is 27.3. The van der Waals surface area contributed by atoms with Crippen LogP contribution in [0.25, 0.3) is 0 Å². The lowest BCUT2D eigenvalue weighted by Crippen LogP contribution is -2.53. The number of rotatable bonds is 1. The molecular weight excluding hydrogens is 221 g/mol. The molecule has 6 heteroatoms. The lowest BCUT2D eigenvalue weighted by atomic mass is 9.93. The number of nitrogens with two attached hydrogens (primary N) is 1. The highest BCUT2D eigenvalue weighted by molar-refractivity contribution is 5.78. The summed E-state index contributed by atoms with van der Waals surface area (Å²) in [6.45, 7) is 3.31. The zero-order chi connectivity index (χ0) is 12.5. The van der Waals surface area contributed by atoms with E-state index in [0.717, 1.165) is 0 Å². The van der Waals surface area contributed by atoms with Gasteiger partial charge in [0.1, 0.15) is 0 Å². The largest absolute Gasteiger partial charge is 0.393 e. The van der Waals surface area contributed by atoms with Gasteiger partial charge in [-0.1, -0.05) is 13.8 Å². The molecule has 1 rings (SSSR count). The summed E-state index contributed by atoms with van der Waals surface area (Å²) in [7, 11) is 0. The van der Waals surface area contributed by atoms with Gasteiger partial charge < -0.3 is 10.6 Å². The first kappa shape index (κ1) is 13.3. The van der Waals surface area contributed by atoms with Gasteiger partial charge >= 0.3 is 6.18 Å². The van der Waals surface area contributed by atoms with Crippen molar-refractivity contribution in [1.29, 1.82) is 0 Å². The Kier molecular flexibility index (Phi) is 3.83. The van der Waals surface area contributed by atoms with Crippen molar-refractivity contribution < 1.29 is 18.0 Å². The van der Waals surface area contributed by atoms with E-state index < -0.39 is 18.1 Å². The maximum absolute atomic E-state index is 12.6. The summed E-state index contributed by atoms with van der Waals surface area (Å²) in [4.78, 5) is 12.9. The van der Waals surface area contributed by atoms with Crippen molar-refractivity contribution in [2.75, 3.05) is 13.1 Å². The van der Waals surface area contributed by atoms with Crippen LogP contribution in [-0.4, -0.2) is 36.1 Å². The van der Waals surface area contributed by atoms with Crippen LogP contribution in [0.15, 0.2) is 0 Å². The molecule has 0 saturated carbocycles. The summed E-state index contributed by atoms with van der Waals surface area (Å²) in [6.07, 6.45) is -4.36. The van der Waals surface area contributed by atoms with Crippen LogP contribution in [0.3, 0.4) is 0 Å². The van der Waals surface area contributed by atoms with Crippen LogP contribution in [0.1, 0.15) is 20.3 Å². The van der Waals surface area contributed by atoms with Crippen LogP contribution in [0.2, 0.25) is 0 Å². The molecule has 1 aliphatic rings. The van der Waals surface area contributed by atoms with E-state index in [2.05, 4.69) is 0 Å². The number of alkyl halides is 3. The van der Waals surface area contributed by atoms with E-state index in [1.807, 2.05) is 0 Å². The third-order valence-corrected chi connectivity index (χ3v) is 2.75. The van der Waals surface area contributed by atoms with Gasteiger partial charge in [0.05, 0.1) is 5.92 Å². The molecule has 1 aliphatic heterocycles. The minimum atomic E-state index is -4.27. The summed E-state index contributed by atoms with van der Waals surface area (Å²) in [6, 6.07) is -0.580.